The molecule has 44 heavy (non-hydrogen) atoms. The Labute approximate surface area is 265 Å². The van der Waals surface area contributed by atoms with E-state index >= 15 is 0 Å². The van der Waals surface area contributed by atoms with E-state index in [9.17, 15) is 9.59 Å². The molecule has 2 aliphatic rings. The van der Waals surface area contributed by atoms with Crippen LogP contribution in [0.15, 0.2) is 36.7 Å². The van der Waals surface area contributed by atoms with E-state index in [0.717, 1.165) is 88.3 Å². The van der Waals surface area contributed by atoms with Crippen LogP contribution in [-0.4, -0.2) is 96.5 Å². The minimum Gasteiger partial charge on any atom is -0.382 e. The van der Waals surface area contributed by atoms with Crippen LogP contribution < -0.4 is 20.4 Å². The van der Waals surface area contributed by atoms with Crippen LogP contribution in [0.2, 0.25) is 0 Å². The largest absolute Gasteiger partial charge is 0.382 e. The van der Waals surface area contributed by atoms with Gasteiger partial charge in [-0.15, -0.1) is 0 Å². The molecule has 10 heteroatoms. The molecule has 2 aromatic rings. The molecule has 0 saturated carbocycles. The van der Waals surface area contributed by atoms with Gasteiger partial charge < -0.3 is 30.2 Å². The quantitative estimate of drug-likeness (QED) is 0.360. The van der Waals surface area contributed by atoms with Crippen molar-refractivity contribution < 1.29 is 9.59 Å². The summed E-state index contributed by atoms with van der Waals surface area (Å²) in [6.07, 6.45) is 6.04. The summed E-state index contributed by atoms with van der Waals surface area (Å²) in [7, 11) is 0. The molecule has 0 atom stereocenters. The topological polar surface area (TPSA) is 96.9 Å². The first-order valence-corrected chi connectivity index (χ1v) is 16.5. The van der Waals surface area contributed by atoms with Crippen molar-refractivity contribution in [3.63, 3.8) is 0 Å². The molecule has 0 aliphatic carbocycles. The Morgan fingerprint density at radius 2 is 1.14 bits per heavy atom. The third kappa shape index (κ3) is 10.9. The summed E-state index contributed by atoms with van der Waals surface area (Å²) in [5, 5.41) is 6.88. The molecule has 0 spiro atoms. The summed E-state index contributed by atoms with van der Waals surface area (Å²) in [4.78, 5) is 41.9. The number of carbonyl (C=O) groups is 2. The number of pyridine rings is 2. The van der Waals surface area contributed by atoms with Crippen molar-refractivity contribution in [2.24, 2.45) is 11.8 Å². The Morgan fingerprint density at radius 3 is 1.55 bits per heavy atom. The van der Waals surface area contributed by atoms with E-state index < -0.39 is 0 Å². The first-order valence-electron chi connectivity index (χ1n) is 16.5. The van der Waals surface area contributed by atoms with Crippen molar-refractivity contribution in [1.29, 1.82) is 0 Å². The summed E-state index contributed by atoms with van der Waals surface area (Å²) < 4.78 is 0. The van der Waals surface area contributed by atoms with Crippen molar-refractivity contribution in [2.75, 3.05) is 79.3 Å². The van der Waals surface area contributed by atoms with E-state index in [1.54, 1.807) is 0 Å². The number of piperazine rings is 2. The molecule has 0 bridgehead atoms. The summed E-state index contributed by atoms with van der Waals surface area (Å²) in [5.74, 6) is 3.39. The molecular weight excluding hydrogens is 552 g/mol. The van der Waals surface area contributed by atoms with Gasteiger partial charge in [-0.05, 0) is 56.4 Å². The first-order chi connectivity index (χ1) is 21.1. The fourth-order valence-electron chi connectivity index (χ4n) is 5.41. The molecule has 2 saturated heterocycles. The lowest BCUT2D eigenvalue weighted by Crippen LogP contribution is -2.49. The fraction of sp³-hybridized carbons (Fsp3) is 0.647. The van der Waals surface area contributed by atoms with Gasteiger partial charge in [-0.1, -0.05) is 34.6 Å². The van der Waals surface area contributed by atoms with Gasteiger partial charge in [0.15, 0.2) is 11.6 Å². The lowest BCUT2D eigenvalue weighted by atomic mass is 10.1. The monoisotopic (exact) mass is 608 g/mol. The van der Waals surface area contributed by atoms with Crippen LogP contribution in [0.5, 0.6) is 0 Å². The number of hydrogen-bond donors (Lipinski definition) is 2. The Balaban J connectivity index is 0.000000240. The van der Waals surface area contributed by atoms with Crippen LogP contribution in [0.4, 0.5) is 23.0 Å². The molecule has 2 aromatic heterocycles. The van der Waals surface area contributed by atoms with Crippen LogP contribution in [0.3, 0.4) is 0 Å². The van der Waals surface area contributed by atoms with E-state index in [0.29, 0.717) is 30.7 Å². The van der Waals surface area contributed by atoms with Crippen molar-refractivity contribution >= 4 is 34.8 Å². The number of aromatic nitrogens is 2. The SMILES string of the molecule is CC(C)CC(=O)N1CCN(c2ncccc2NC(C)C)CC1.CCCNc1cccnc1N1CCN(C(=O)CC(C)C)CC1. The lowest BCUT2D eigenvalue weighted by Gasteiger charge is -2.36. The maximum absolute atomic E-state index is 12.1. The fourth-order valence-corrected chi connectivity index (χ4v) is 5.41. The maximum Gasteiger partial charge on any atom is 0.222 e. The van der Waals surface area contributed by atoms with Crippen molar-refractivity contribution in [2.45, 2.75) is 73.8 Å². The summed E-state index contributed by atoms with van der Waals surface area (Å²) >= 11 is 0. The molecule has 10 nitrogen and oxygen atoms in total. The zero-order chi connectivity index (χ0) is 32.1. The average molecular weight is 609 g/mol. The minimum absolute atomic E-state index is 0.274. The number of carbonyl (C=O) groups excluding carboxylic acids is 2. The van der Waals surface area contributed by atoms with Gasteiger partial charge in [0.25, 0.3) is 0 Å². The third-order valence-electron chi connectivity index (χ3n) is 7.61. The Kier molecular flexibility index (Phi) is 14.0. The molecule has 2 aliphatic heterocycles. The smallest absolute Gasteiger partial charge is 0.222 e. The maximum atomic E-state index is 12.1. The van der Waals surface area contributed by atoms with Gasteiger partial charge in [-0.2, -0.15) is 0 Å². The molecular formula is C34H56N8O2. The Morgan fingerprint density at radius 1 is 0.705 bits per heavy atom. The highest BCUT2D eigenvalue weighted by atomic mass is 16.2. The lowest BCUT2D eigenvalue weighted by molar-refractivity contribution is -0.133. The predicted molar refractivity (Wildman–Crippen MR) is 183 cm³/mol. The van der Waals surface area contributed by atoms with E-state index in [1.807, 2.05) is 34.3 Å². The number of rotatable bonds is 11. The van der Waals surface area contributed by atoms with E-state index in [1.165, 1.54) is 0 Å². The third-order valence-corrected chi connectivity index (χ3v) is 7.61. The molecule has 244 valence electrons. The van der Waals surface area contributed by atoms with Crippen molar-refractivity contribution in [3.05, 3.63) is 36.7 Å². The number of hydrogen-bond acceptors (Lipinski definition) is 8. The highest BCUT2D eigenvalue weighted by Crippen LogP contribution is 2.25. The molecule has 4 rings (SSSR count). The van der Waals surface area contributed by atoms with Gasteiger partial charge in [0.1, 0.15) is 0 Å². The van der Waals surface area contributed by atoms with Gasteiger partial charge in [0.2, 0.25) is 11.8 Å². The average Bonchev–Trinajstić information content (AvgIpc) is 3.00. The standard InChI is InChI=1S/2C17H28N4O/c1-13(2)12-16(22)20-8-10-21(11-9-20)17-15(19-14(3)4)6-5-7-18-17;1-4-7-18-15-6-5-8-19-17(15)21-11-9-20(10-12-21)16(22)13-14(2)3/h5-7,13-14,19H,8-12H2,1-4H3;5-6,8,14,18H,4,7,9-13H2,1-3H3. The number of amides is 2. The highest BCUT2D eigenvalue weighted by Gasteiger charge is 2.25. The van der Waals surface area contributed by atoms with Crippen LogP contribution in [-0.2, 0) is 9.59 Å². The van der Waals surface area contributed by atoms with Gasteiger partial charge in [0.05, 0.1) is 11.4 Å². The van der Waals surface area contributed by atoms with Crippen LogP contribution in [0.1, 0.15) is 67.7 Å². The normalized spacial score (nSPS) is 15.4. The number of anilines is 4. The molecule has 0 aromatic carbocycles. The van der Waals surface area contributed by atoms with E-state index in [4.69, 9.17) is 0 Å². The Bertz CT molecular complexity index is 1160. The molecule has 2 fully saturated rings. The van der Waals surface area contributed by atoms with Gasteiger partial charge in [-0.25, -0.2) is 9.97 Å². The molecule has 2 N–H and O–H groups in total. The first kappa shape index (κ1) is 34.9. The van der Waals surface area contributed by atoms with Crippen LogP contribution >= 0.6 is 0 Å². The van der Waals surface area contributed by atoms with E-state index in [2.05, 4.69) is 91.0 Å². The van der Waals surface area contributed by atoms with Crippen molar-refractivity contribution in [3.8, 4) is 0 Å². The number of nitrogens with one attached hydrogen (secondary N) is 2. The molecule has 4 heterocycles. The minimum atomic E-state index is 0.274. The Hall–Kier alpha value is -3.56. The summed E-state index contributed by atoms with van der Waals surface area (Å²) in [6, 6.07) is 8.44. The zero-order valence-corrected chi connectivity index (χ0v) is 28.2. The van der Waals surface area contributed by atoms with Gasteiger partial charge in [-0.3, -0.25) is 9.59 Å². The molecule has 2 amide bonds. The summed E-state index contributed by atoms with van der Waals surface area (Å²) in [5.41, 5.74) is 2.16. The predicted octanol–water partition coefficient (Wildman–Crippen LogP) is 5.19. The molecule has 0 unspecified atom stereocenters. The zero-order valence-electron chi connectivity index (χ0n) is 28.2. The second kappa shape index (κ2) is 17.7. The van der Waals surface area contributed by atoms with Crippen molar-refractivity contribution in [1.82, 2.24) is 19.8 Å². The highest BCUT2D eigenvalue weighted by molar-refractivity contribution is 5.77. The molecule has 0 radical (unpaired) electrons. The van der Waals surface area contributed by atoms with E-state index in [-0.39, 0.29) is 11.8 Å². The van der Waals surface area contributed by atoms with Crippen LogP contribution in [0.25, 0.3) is 0 Å². The van der Waals surface area contributed by atoms with Gasteiger partial charge >= 0.3 is 0 Å². The van der Waals surface area contributed by atoms with Crippen LogP contribution in [0, 0.1) is 11.8 Å². The summed E-state index contributed by atoms with van der Waals surface area (Å²) in [6.45, 7) is 22.2. The second-order valence-corrected chi connectivity index (χ2v) is 12.9. The van der Waals surface area contributed by atoms with Gasteiger partial charge in [0, 0.05) is 90.2 Å². The number of nitrogens with zero attached hydrogens (tertiary/aromatic N) is 6. The second-order valence-electron chi connectivity index (χ2n) is 12.9.